The van der Waals surface area contributed by atoms with Crippen LogP contribution in [0.4, 0.5) is 0 Å². The second-order valence-corrected chi connectivity index (χ2v) is 4.87. The lowest BCUT2D eigenvalue weighted by Gasteiger charge is -2.04. The van der Waals surface area contributed by atoms with Crippen molar-refractivity contribution in [3.63, 3.8) is 0 Å². The number of para-hydroxylation sites is 2. The van der Waals surface area contributed by atoms with Crippen molar-refractivity contribution in [3.8, 4) is 11.5 Å². The zero-order valence-electron chi connectivity index (χ0n) is 12.3. The van der Waals surface area contributed by atoms with E-state index in [0.717, 1.165) is 0 Å². The molecule has 2 aromatic carbocycles. The number of nitrogens with one attached hydrogen (secondary N) is 1. The number of rotatable bonds is 3. The van der Waals surface area contributed by atoms with Crippen LogP contribution < -0.4 is 11.1 Å². The third-order valence-electron chi connectivity index (χ3n) is 3.32. The number of aromatic hydroxyl groups is 2. The lowest BCUT2D eigenvalue weighted by Crippen LogP contribution is -2.24. The van der Waals surface area contributed by atoms with Crippen LogP contribution in [0.25, 0.3) is 11.0 Å². The summed E-state index contributed by atoms with van der Waals surface area (Å²) in [5.74, 6) is -1.40. The largest absolute Gasteiger partial charge is 0.507 e. The summed E-state index contributed by atoms with van der Waals surface area (Å²) in [6, 6.07) is 12.7. The van der Waals surface area contributed by atoms with E-state index < -0.39 is 22.8 Å². The van der Waals surface area contributed by atoms with Crippen LogP contribution in [0.2, 0.25) is 0 Å². The Kier molecular flexibility index (Phi) is 3.98. The van der Waals surface area contributed by atoms with Crippen molar-refractivity contribution in [3.05, 3.63) is 70.1 Å². The van der Waals surface area contributed by atoms with Gasteiger partial charge in [0.2, 0.25) is 0 Å². The Morgan fingerprint density at radius 1 is 1.08 bits per heavy atom. The molecule has 24 heavy (non-hydrogen) atoms. The first kappa shape index (κ1) is 15.3. The number of carbonyl (C=O) groups is 1. The lowest BCUT2D eigenvalue weighted by atomic mass is 10.1. The summed E-state index contributed by atoms with van der Waals surface area (Å²) >= 11 is 0. The van der Waals surface area contributed by atoms with Gasteiger partial charge in [0, 0.05) is 5.56 Å². The first-order valence-electron chi connectivity index (χ1n) is 6.94. The lowest BCUT2D eigenvalue weighted by molar-refractivity contribution is 0.0949. The number of carbonyl (C=O) groups excluding carboxylic acids is 1. The fraction of sp³-hybridized carbons (Fsp3) is 0. The zero-order chi connectivity index (χ0) is 17.1. The van der Waals surface area contributed by atoms with Crippen molar-refractivity contribution < 1.29 is 19.4 Å². The van der Waals surface area contributed by atoms with E-state index in [4.69, 9.17) is 4.42 Å². The van der Waals surface area contributed by atoms with Gasteiger partial charge in [-0.25, -0.2) is 10.2 Å². The second kappa shape index (κ2) is 6.25. The minimum absolute atomic E-state index is 0.0106. The van der Waals surface area contributed by atoms with E-state index in [1.807, 2.05) is 0 Å². The van der Waals surface area contributed by atoms with E-state index in [0.29, 0.717) is 5.56 Å². The molecule has 0 bridgehead atoms. The standard InChI is InChI=1S/C17H12N2O5/c20-12-7-3-1-5-10(12)9-18-19-16(22)14-15(21)11-6-2-4-8-13(11)24-17(14)23/h1-9,20-21H,(H,19,22)/b18-9+. The highest BCUT2D eigenvalue weighted by atomic mass is 16.4. The second-order valence-electron chi connectivity index (χ2n) is 4.87. The van der Waals surface area contributed by atoms with Crippen LogP contribution in [0.5, 0.6) is 11.5 Å². The first-order valence-corrected chi connectivity index (χ1v) is 6.94. The van der Waals surface area contributed by atoms with Crippen molar-refractivity contribution in [1.29, 1.82) is 0 Å². The van der Waals surface area contributed by atoms with E-state index in [1.165, 1.54) is 24.4 Å². The summed E-state index contributed by atoms with van der Waals surface area (Å²) < 4.78 is 5.01. The van der Waals surface area contributed by atoms with Gasteiger partial charge in [-0.3, -0.25) is 4.79 Å². The van der Waals surface area contributed by atoms with Gasteiger partial charge in [-0.05, 0) is 24.3 Å². The Hall–Kier alpha value is -3.61. The molecule has 1 heterocycles. The van der Waals surface area contributed by atoms with Crippen LogP contribution in [0.1, 0.15) is 15.9 Å². The van der Waals surface area contributed by atoms with Crippen LogP contribution in [-0.2, 0) is 0 Å². The third-order valence-corrected chi connectivity index (χ3v) is 3.32. The highest BCUT2D eigenvalue weighted by Gasteiger charge is 2.20. The number of hydrogen-bond donors (Lipinski definition) is 3. The number of hydrazone groups is 1. The van der Waals surface area contributed by atoms with Gasteiger partial charge in [0.1, 0.15) is 17.1 Å². The molecule has 3 aromatic rings. The van der Waals surface area contributed by atoms with E-state index in [-0.39, 0.29) is 16.7 Å². The minimum atomic E-state index is -0.971. The molecule has 1 amide bonds. The van der Waals surface area contributed by atoms with E-state index in [9.17, 15) is 19.8 Å². The number of hydrogen-bond acceptors (Lipinski definition) is 6. The van der Waals surface area contributed by atoms with Crippen molar-refractivity contribution >= 4 is 23.1 Å². The van der Waals surface area contributed by atoms with Crippen molar-refractivity contribution in [1.82, 2.24) is 5.43 Å². The Labute approximate surface area is 135 Å². The van der Waals surface area contributed by atoms with Gasteiger partial charge in [0.15, 0.2) is 5.56 Å². The summed E-state index contributed by atoms with van der Waals surface area (Å²) in [5, 5.41) is 23.6. The predicted molar refractivity (Wildman–Crippen MR) is 87.3 cm³/mol. The van der Waals surface area contributed by atoms with Gasteiger partial charge < -0.3 is 14.6 Å². The molecule has 7 nitrogen and oxygen atoms in total. The SMILES string of the molecule is O=C(N/N=C/c1ccccc1O)c1c(O)c2ccccc2oc1=O. The van der Waals surface area contributed by atoms with Crippen LogP contribution in [0.3, 0.4) is 0 Å². The molecule has 7 heteroatoms. The topological polar surface area (TPSA) is 112 Å². The van der Waals surface area contributed by atoms with Crippen molar-refractivity contribution in [2.45, 2.75) is 0 Å². The predicted octanol–water partition coefficient (Wildman–Crippen LogP) is 1.97. The fourth-order valence-electron chi connectivity index (χ4n) is 2.15. The Balaban J connectivity index is 1.89. The smallest absolute Gasteiger partial charge is 0.353 e. The van der Waals surface area contributed by atoms with Crippen LogP contribution >= 0.6 is 0 Å². The molecule has 3 rings (SSSR count). The molecule has 0 spiro atoms. The molecule has 0 saturated heterocycles. The van der Waals surface area contributed by atoms with Crippen LogP contribution in [0, 0.1) is 0 Å². The van der Waals surface area contributed by atoms with Gasteiger partial charge in [0.05, 0.1) is 11.6 Å². The zero-order valence-corrected chi connectivity index (χ0v) is 12.3. The molecule has 0 unspecified atom stereocenters. The molecule has 0 aliphatic heterocycles. The highest BCUT2D eigenvalue weighted by molar-refractivity contribution is 6.01. The Bertz CT molecular complexity index is 1010. The molecule has 1 aromatic heterocycles. The molecular weight excluding hydrogens is 312 g/mol. The molecule has 0 fully saturated rings. The summed E-state index contributed by atoms with van der Waals surface area (Å²) in [6.45, 7) is 0. The number of nitrogens with zero attached hydrogens (tertiary/aromatic N) is 1. The molecule has 0 atom stereocenters. The van der Waals surface area contributed by atoms with Gasteiger partial charge in [-0.2, -0.15) is 5.10 Å². The van der Waals surface area contributed by atoms with Crippen LogP contribution in [0.15, 0.2) is 62.8 Å². The number of amides is 1. The molecule has 0 aliphatic rings. The average molecular weight is 324 g/mol. The monoisotopic (exact) mass is 324 g/mol. The Morgan fingerprint density at radius 2 is 1.79 bits per heavy atom. The summed E-state index contributed by atoms with van der Waals surface area (Å²) in [4.78, 5) is 24.0. The molecule has 120 valence electrons. The summed E-state index contributed by atoms with van der Waals surface area (Å²) in [6.07, 6.45) is 1.22. The highest BCUT2D eigenvalue weighted by Crippen LogP contribution is 2.25. The summed E-state index contributed by atoms with van der Waals surface area (Å²) in [7, 11) is 0. The molecule has 0 aliphatic carbocycles. The summed E-state index contributed by atoms with van der Waals surface area (Å²) in [5.41, 5.74) is 1.17. The van der Waals surface area contributed by atoms with E-state index in [2.05, 4.69) is 10.5 Å². The number of fused-ring (bicyclic) bond motifs is 1. The molecular formula is C17H12N2O5. The van der Waals surface area contributed by atoms with Crippen LogP contribution in [-0.4, -0.2) is 22.3 Å². The van der Waals surface area contributed by atoms with Gasteiger partial charge in [-0.15, -0.1) is 0 Å². The van der Waals surface area contributed by atoms with Gasteiger partial charge in [0.25, 0.3) is 5.91 Å². The van der Waals surface area contributed by atoms with Crippen molar-refractivity contribution in [2.24, 2.45) is 5.10 Å². The molecule has 0 radical (unpaired) electrons. The van der Waals surface area contributed by atoms with E-state index >= 15 is 0 Å². The van der Waals surface area contributed by atoms with Crippen molar-refractivity contribution in [2.75, 3.05) is 0 Å². The van der Waals surface area contributed by atoms with Gasteiger partial charge >= 0.3 is 5.63 Å². The molecule has 3 N–H and O–H groups in total. The Morgan fingerprint density at radius 3 is 2.58 bits per heavy atom. The third kappa shape index (κ3) is 2.82. The maximum Gasteiger partial charge on any atom is 0.353 e. The number of benzene rings is 2. The number of phenolic OH excluding ortho intramolecular Hbond substituents is 1. The average Bonchev–Trinajstić information content (AvgIpc) is 2.56. The number of phenols is 1. The fourth-order valence-corrected chi connectivity index (χ4v) is 2.15. The maximum atomic E-state index is 12.1. The normalized spacial score (nSPS) is 11.0. The maximum absolute atomic E-state index is 12.1. The first-order chi connectivity index (χ1) is 11.6. The quantitative estimate of drug-likeness (QED) is 0.387. The van der Waals surface area contributed by atoms with E-state index in [1.54, 1.807) is 30.3 Å². The van der Waals surface area contributed by atoms with Gasteiger partial charge in [-0.1, -0.05) is 24.3 Å². The minimum Gasteiger partial charge on any atom is -0.507 e. The molecule has 0 saturated carbocycles.